The monoisotopic (exact) mass is 557 g/mol. The van der Waals surface area contributed by atoms with E-state index in [1.54, 1.807) is 42.6 Å². The zero-order valence-electron chi connectivity index (χ0n) is 23.1. The van der Waals surface area contributed by atoms with Gasteiger partial charge in [0.15, 0.2) is 5.58 Å². The topological polar surface area (TPSA) is 121 Å². The molecule has 1 unspecified atom stereocenters. The Morgan fingerprint density at radius 3 is 2.50 bits per heavy atom. The molecule has 0 bridgehead atoms. The number of cyclic esters (lactones) is 1. The van der Waals surface area contributed by atoms with E-state index < -0.39 is 12.2 Å². The molecule has 2 aromatic heterocycles. The third-order valence-corrected chi connectivity index (χ3v) is 7.16. The van der Waals surface area contributed by atoms with Gasteiger partial charge in [-0.3, -0.25) is 9.69 Å². The number of anilines is 1. The van der Waals surface area contributed by atoms with Gasteiger partial charge in [0.2, 0.25) is 5.89 Å². The van der Waals surface area contributed by atoms with Gasteiger partial charge >= 0.3 is 6.09 Å². The molecule has 5 aromatic rings. The molecular weight excluding hydrogens is 530 g/mol. The predicted molar refractivity (Wildman–Crippen MR) is 158 cm³/mol. The number of rotatable bonds is 7. The third-order valence-electron chi connectivity index (χ3n) is 7.16. The van der Waals surface area contributed by atoms with E-state index in [0.29, 0.717) is 39.5 Å². The molecule has 1 N–H and O–H groups in total. The highest BCUT2D eigenvalue weighted by Gasteiger charge is 2.33. The number of ether oxygens (including phenoxy) is 1. The number of oxazole rings is 1. The number of nitriles is 1. The Kier molecular flexibility index (Phi) is 7.11. The van der Waals surface area contributed by atoms with Gasteiger partial charge in [0.05, 0.1) is 24.7 Å². The number of carbonyl (C=O) groups excluding carboxylic acids is 2. The maximum Gasteiger partial charge on any atom is 0.416 e. The standard InChI is InChI=1S/C33H27N5O4/c1-20(2)27-14-21(16-34)15-28-30(27)42-32(37-28)24-10-8-23(9-11-24)31(39)36-18-26-19-38(33(40)41-26)29-13-12-25(17-35-29)22-6-4-3-5-7-22/h3-15,17,20,26H,18-19H2,1-2H3,(H,36,39). The predicted octanol–water partition coefficient (Wildman–Crippen LogP) is 6.31. The molecule has 1 fully saturated rings. The van der Waals surface area contributed by atoms with Crippen molar-refractivity contribution in [2.75, 3.05) is 18.0 Å². The SMILES string of the molecule is CC(C)c1cc(C#N)cc2nc(-c3ccc(C(=O)NCC4CN(c5ccc(-c6ccccc6)cn5)C(=O)O4)cc3)oc12. The highest BCUT2D eigenvalue weighted by Crippen LogP contribution is 2.31. The number of hydrogen-bond acceptors (Lipinski definition) is 7. The van der Waals surface area contributed by atoms with E-state index in [0.717, 1.165) is 16.7 Å². The van der Waals surface area contributed by atoms with E-state index in [1.807, 2.05) is 56.3 Å². The second-order valence-electron chi connectivity index (χ2n) is 10.4. The van der Waals surface area contributed by atoms with Gasteiger partial charge in [0, 0.05) is 28.5 Å². The summed E-state index contributed by atoms with van der Waals surface area (Å²) in [6, 6.07) is 26.2. The van der Waals surface area contributed by atoms with Gasteiger partial charge in [-0.15, -0.1) is 0 Å². The highest BCUT2D eigenvalue weighted by atomic mass is 16.6. The number of carbonyl (C=O) groups is 2. The van der Waals surface area contributed by atoms with Crippen LogP contribution in [0.5, 0.6) is 0 Å². The van der Waals surface area contributed by atoms with Crippen molar-refractivity contribution in [3.05, 3.63) is 102 Å². The van der Waals surface area contributed by atoms with Gasteiger partial charge in [-0.2, -0.15) is 5.26 Å². The van der Waals surface area contributed by atoms with E-state index in [2.05, 4.69) is 21.4 Å². The summed E-state index contributed by atoms with van der Waals surface area (Å²) < 4.78 is 11.5. The van der Waals surface area contributed by atoms with Crippen LogP contribution in [0.1, 0.15) is 41.3 Å². The lowest BCUT2D eigenvalue weighted by molar-refractivity contribution is 0.0916. The molecule has 2 amide bonds. The lowest BCUT2D eigenvalue weighted by atomic mass is 10.00. The molecule has 42 heavy (non-hydrogen) atoms. The maximum atomic E-state index is 12.8. The lowest BCUT2D eigenvalue weighted by Crippen LogP contribution is -2.34. The first-order valence-electron chi connectivity index (χ1n) is 13.6. The summed E-state index contributed by atoms with van der Waals surface area (Å²) in [6.07, 6.45) is 0.716. The Morgan fingerprint density at radius 2 is 1.81 bits per heavy atom. The van der Waals surface area contributed by atoms with Crippen molar-refractivity contribution in [3.8, 4) is 28.7 Å². The largest absolute Gasteiger partial charge is 0.442 e. The van der Waals surface area contributed by atoms with Crippen LogP contribution < -0.4 is 10.2 Å². The van der Waals surface area contributed by atoms with Gasteiger partial charge in [-0.25, -0.2) is 14.8 Å². The fourth-order valence-corrected chi connectivity index (χ4v) is 4.91. The summed E-state index contributed by atoms with van der Waals surface area (Å²) in [5.74, 6) is 0.778. The minimum atomic E-state index is -0.510. The molecule has 1 saturated heterocycles. The zero-order valence-corrected chi connectivity index (χ0v) is 23.1. The summed E-state index contributed by atoms with van der Waals surface area (Å²) in [5.41, 5.74) is 5.88. The third kappa shape index (κ3) is 5.30. The summed E-state index contributed by atoms with van der Waals surface area (Å²) >= 11 is 0. The average molecular weight is 558 g/mol. The first-order valence-corrected chi connectivity index (χ1v) is 13.6. The number of hydrogen-bond donors (Lipinski definition) is 1. The molecule has 9 nitrogen and oxygen atoms in total. The number of nitrogens with zero attached hydrogens (tertiary/aromatic N) is 4. The normalized spacial score (nSPS) is 14.7. The first kappa shape index (κ1) is 26.7. The lowest BCUT2D eigenvalue weighted by Gasteiger charge is -2.13. The second-order valence-corrected chi connectivity index (χ2v) is 10.4. The minimum Gasteiger partial charge on any atom is -0.442 e. The first-order chi connectivity index (χ1) is 20.4. The van der Waals surface area contributed by atoms with Crippen LogP contribution >= 0.6 is 0 Å². The Bertz CT molecular complexity index is 1810. The molecule has 3 aromatic carbocycles. The van der Waals surface area contributed by atoms with Crippen LogP contribution in [0.25, 0.3) is 33.7 Å². The highest BCUT2D eigenvalue weighted by molar-refractivity contribution is 5.95. The van der Waals surface area contributed by atoms with Crippen molar-refractivity contribution in [1.29, 1.82) is 5.26 Å². The van der Waals surface area contributed by atoms with Gasteiger partial charge in [0.25, 0.3) is 5.91 Å². The maximum absolute atomic E-state index is 12.8. The molecular formula is C33H27N5O4. The molecule has 0 saturated carbocycles. The van der Waals surface area contributed by atoms with Gasteiger partial charge in [-0.05, 0) is 60.0 Å². The summed E-state index contributed by atoms with van der Waals surface area (Å²) in [4.78, 5) is 35.8. The Labute approximate surface area is 242 Å². The second kappa shape index (κ2) is 11.2. The number of amides is 2. The van der Waals surface area contributed by atoms with Crippen molar-refractivity contribution in [1.82, 2.24) is 15.3 Å². The minimum absolute atomic E-state index is 0.162. The van der Waals surface area contributed by atoms with Gasteiger partial charge in [-0.1, -0.05) is 44.2 Å². The molecule has 6 rings (SSSR count). The van der Waals surface area contributed by atoms with Crippen LogP contribution in [-0.2, 0) is 4.74 Å². The Hall–Kier alpha value is -5.49. The number of nitrogens with one attached hydrogen (secondary N) is 1. The fraction of sp³-hybridized carbons (Fsp3) is 0.182. The van der Waals surface area contributed by atoms with Crippen molar-refractivity contribution in [2.45, 2.75) is 25.9 Å². The molecule has 3 heterocycles. The van der Waals surface area contributed by atoms with Crippen LogP contribution in [-0.4, -0.2) is 41.2 Å². The molecule has 208 valence electrons. The fourth-order valence-electron chi connectivity index (χ4n) is 4.91. The van der Waals surface area contributed by atoms with E-state index in [9.17, 15) is 14.9 Å². The van der Waals surface area contributed by atoms with E-state index in [1.165, 1.54) is 4.90 Å². The van der Waals surface area contributed by atoms with E-state index >= 15 is 0 Å². The van der Waals surface area contributed by atoms with Crippen molar-refractivity contribution >= 4 is 28.9 Å². The zero-order chi connectivity index (χ0) is 29.2. The summed E-state index contributed by atoms with van der Waals surface area (Å²) in [7, 11) is 0. The molecule has 0 aliphatic carbocycles. The van der Waals surface area contributed by atoms with Crippen LogP contribution in [0.2, 0.25) is 0 Å². The molecule has 9 heteroatoms. The quantitative estimate of drug-likeness (QED) is 0.249. The Balaban J connectivity index is 1.08. The molecule has 1 atom stereocenters. The van der Waals surface area contributed by atoms with Crippen LogP contribution in [0, 0.1) is 11.3 Å². The van der Waals surface area contributed by atoms with Crippen molar-refractivity contribution < 1.29 is 18.7 Å². The molecule has 0 spiro atoms. The van der Waals surface area contributed by atoms with Gasteiger partial charge in [0.1, 0.15) is 17.4 Å². The van der Waals surface area contributed by atoms with E-state index in [4.69, 9.17) is 9.15 Å². The number of fused-ring (bicyclic) bond motifs is 1. The van der Waals surface area contributed by atoms with Crippen LogP contribution in [0.3, 0.4) is 0 Å². The molecule has 1 aliphatic heterocycles. The van der Waals surface area contributed by atoms with Crippen molar-refractivity contribution in [2.24, 2.45) is 0 Å². The summed E-state index contributed by atoms with van der Waals surface area (Å²) in [6.45, 7) is 4.51. The smallest absolute Gasteiger partial charge is 0.416 e. The average Bonchev–Trinajstić information content (AvgIpc) is 3.63. The van der Waals surface area contributed by atoms with E-state index in [-0.39, 0.29) is 24.9 Å². The number of pyridine rings is 1. The molecule has 1 aliphatic rings. The number of benzene rings is 3. The van der Waals surface area contributed by atoms with Crippen molar-refractivity contribution in [3.63, 3.8) is 0 Å². The van der Waals surface area contributed by atoms with Crippen LogP contribution in [0.15, 0.2) is 89.5 Å². The number of aromatic nitrogens is 2. The molecule has 0 radical (unpaired) electrons. The van der Waals surface area contributed by atoms with Gasteiger partial charge < -0.3 is 14.5 Å². The van der Waals surface area contributed by atoms with Crippen LogP contribution in [0.4, 0.5) is 10.6 Å². The Morgan fingerprint density at radius 1 is 1.05 bits per heavy atom. The summed E-state index contributed by atoms with van der Waals surface area (Å²) in [5, 5.41) is 12.2.